The summed E-state index contributed by atoms with van der Waals surface area (Å²) in [6.45, 7) is 3.22. The predicted octanol–water partition coefficient (Wildman–Crippen LogP) is 4.19. The first-order chi connectivity index (χ1) is 13.0. The molecule has 2 amide bonds. The number of halogens is 2. The lowest BCUT2D eigenvalue weighted by Gasteiger charge is -2.35. The highest BCUT2D eigenvalue weighted by molar-refractivity contribution is 7.12. The zero-order chi connectivity index (χ0) is 19.4. The van der Waals surface area contributed by atoms with Crippen molar-refractivity contribution in [1.82, 2.24) is 9.80 Å². The molecule has 1 aliphatic rings. The number of thiophene rings is 1. The number of carbonyl (C=O) groups is 2. The fourth-order valence-corrected chi connectivity index (χ4v) is 4.15. The normalized spacial score (nSPS) is 14.9. The van der Waals surface area contributed by atoms with Gasteiger partial charge < -0.3 is 15.0 Å². The lowest BCUT2D eigenvalue weighted by molar-refractivity contribution is 0.0607. The molecule has 2 heterocycles. The van der Waals surface area contributed by atoms with E-state index < -0.39 is 5.97 Å². The minimum atomic E-state index is -0.457. The Balaban J connectivity index is 1.55. The second kappa shape index (κ2) is 8.93. The Morgan fingerprint density at radius 1 is 1.15 bits per heavy atom. The molecule has 0 atom stereocenters. The third-order valence-electron chi connectivity index (χ3n) is 4.38. The van der Waals surface area contributed by atoms with E-state index in [0.717, 1.165) is 5.56 Å². The third kappa shape index (κ3) is 4.73. The summed E-state index contributed by atoms with van der Waals surface area (Å²) in [7, 11) is 1.32. The first kappa shape index (κ1) is 19.9. The van der Waals surface area contributed by atoms with Gasteiger partial charge in [-0.15, -0.1) is 11.3 Å². The number of anilines is 1. The molecule has 27 heavy (non-hydrogen) atoms. The van der Waals surface area contributed by atoms with Crippen LogP contribution in [0.5, 0.6) is 0 Å². The van der Waals surface area contributed by atoms with E-state index in [2.05, 4.69) is 10.2 Å². The Morgan fingerprint density at radius 2 is 1.81 bits per heavy atom. The van der Waals surface area contributed by atoms with Crippen molar-refractivity contribution >= 4 is 52.2 Å². The van der Waals surface area contributed by atoms with Crippen LogP contribution in [0.3, 0.4) is 0 Å². The maximum Gasteiger partial charge on any atom is 0.350 e. The summed E-state index contributed by atoms with van der Waals surface area (Å²) < 4.78 is 4.73. The van der Waals surface area contributed by atoms with Crippen LogP contribution in [0.4, 0.5) is 10.5 Å². The number of amides is 2. The summed E-state index contributed by atoms with van der Waals surface area (Å²) in [5.74, 6) is -0.457. The van der Waals surface area contributed by atoms with Gasteiger partial charge >= 0.3 is 12.0 Å². The van der Waals surface area contributed by atoms with Crippen molar-refractivity contribution in [3.8, 4) is 0 Å². The van der Waals surface area contributed by atoms with Crippen molar-refractivity contribution in [2.75, 3.05) is 38.6 Å². The number of nitrogens with zero attached hydrogens (tertiary/aromatic N) is 2. The Bertz CT molecular complexity index is 815. The molecule has 1 fully saturated rings. The van der Waals surface area contributed by atoms with Crippen LogP contribution in [-0.2, 0) is 11.3 Å². The van der Waals surface area contributed by atoms with Gasteiger partial charge in [0.1, 0.15) is 4.88 Å². The van der Waals surface area contributed by atoms with Crippen LogP contribution in [0.15, 0.2) is 29.6 Å². The summed E-state index contributed by atoms with van der Waals surface area (Å²) in [4.78, 5) is 28.6. The Kier molecular flexibility index (Phi) is 6.59. The van der Waals surface area contributed by atoms with Crippen molar-refractivity contribution in [3.63, 3.8) is 0 Å². The smallest absolute Gasteiger partial charge is 0.350 e. The molecule has 1 saturated heterocycles. The van der Waals surface area contributed by atoms with E-state index in [0.29, 0.717) is 53.3 Å². The molecule has 2 aromatic rings. The molecule has 0 aliphatic carbocycles. The number of ether oxygens (including phenoxy) is 1. The van der Waals surface area contributed by atoms with E-state index in [1.165, 1.54) is 18.4 Å². The number of rotatable bonds is 4. The van der Waals surface area contributed by atoms with Crippen LogP contribution in [-0.4, -0.2) is 55.1 Å². The standard InChI is InChI=1S/C18H19Cl2N3O3S/c1-26-17(24)16-15(5-10-27-16)21-18(25)23-8-6-22(7-9-23)11-12-13(19)3-2-4-14(12)20/h2-5,10H,6-9,11H2,1H3,(H,21,25). The average molecular weight is 428 g/mol. The second-order valence-electron chi connectivity index (χ2n) is 6.05. The molecule has 0 radical (unpaired) electrons. The molecule has 3 rings (SSSR count). The SMILES string of the molecule is COC(=O)c1sccc1NC(=O)N1CCN(Cc2c(Cl)cccc2Cl)CC1. The fourth-order valence-electron chi connectivity index (χ4n) is 2.87. The molecule has 9 heteroatoms. The number of nitrogens with one attached hydrogen (secondary N) is 1. The van der Waals surface area contributed by atoms with Gasteiger partial charge in [0.2, 0.25) is 0 Å². The Morgan fingerprint density at radius 3 is 2.44 bits per heavy atom. The number of hydrogen-bond donors (Lipinski definition) is 1. The molecule has 1 aromatic carbocycles. The Labute approximate surface area is 171 Å². The first-order valence-electron chi connectivity index (χ1n) is 8.36. The summed E-state index contributed by atoms with van der Waals surface area (Å²) >= 11 is 13.7. The largest absolute Gasteiger partial charge is 0.465 e. The number of esters is 1. The molecule has 6 nitrogen and oxygen atoms in total. The van der Waals surface area contributed by atoms with Crippen LogP contribution in [0.1, 0.15) is 15.2 Å². The lowest BCUT2D eigenvalue weighted by atomic mass is 10.2. The zero-order valence-electron chi connectivity index (χ0n) is 14.7. The quantitative estimate of drug-likeness (QED) is 0.742. The van der Waals surface area contributed by atoms with E-state index in [1.54, 1.807) is 16.3 Å². The average Bonchev–Trinajstić information content (AvgIpc) is 3.12. The number of carbonyl (C=O) groups excluding carboxylic acids is 2. The van der Waals surface area contributed by atoms with Gasteiger partial charge in [-0.1, -0.05) is 29.3 Å². The highest BCUT2D eigenvalue weighted by atomic mass is 35.5. The molecule has 1 aromatic heterocycles. The lowest BCUT2D eigenvalue weighted by Crippen LogP contribution is -2.49. The van der Waals surface area contributed by atoms with Gasteiger partial charge in [-0.3, -0.25) is 4.90 Å². The van der Waals surface area contributed by atoms with Crippen LogP contribution in [0.25, 0.3) is 0 Å². The molecule has 0 spiro atoms. The molecule has 0 bridgehead atoms. The van der Waals surface area contributed by atoms with Gasteiger partial charge in [0.05, 0.1) is 12.8 Å². The predicted molar refractivity (Wildman–Crippen MR) is 108 cm³/mol. The minimum absolute atomic E-state index is 0.228. The van der Waals surface area contributed by atoms with E-state index in [-0.39, 0.29) is 6.03 Å². The van der Waals surface area contributed by atoms with Crippen LogP contribution >= 0.6 is 34.5 Å². The van der Waals surface area contributed by atoms with E-state index in [9.17, 15) is 9.59 Å². The summed E-state index contributed by atoms with van der Waals surface area (Å²) in [6, 6.07) is 6.95. The van der Waals surface area contributed by atoms with Gasteiger partial charge in [-0.25, -0.2) is 9.59 Å². The van der Waals surface area contributed by atoms with Gasteiger partial charge in [-0.05, 0) is 23.6 Å². The monoisotopic (exact) mass is 427 g/mol. The zero-order valence-corrected chi connectivity index (χ0v) is 17.0. The Hall–Kier alpha value is -1.80. The second-order valence-corrected chi connectivity index (χ2v) is 7.78. The van der Waals surface area contributed by atoms with Crippen molar-refractivity contribution in [2.24, 2.45) is 0 Å². The number of benzene rings is 1. The third-order valence-corrected chi connectivity index (χ3v) is 5.98. The minimum Gasteiger partial charge on any atom is -0.465 e. The molecule has 0 saturated carbocycles. The summed E-state index contributed by atoms with van der Waals surface area (Å²) in [5, 5.41) is 5.83. The molecular formula is C18H19Cl2N3O3S. The van der Waals surface area contributed by atoms with Crippen molar-refractivity contribution in [2.45, 2.75) is 6.54 Å². The number of urea groups is 1. The van der Waals surface area contributed by atoms with E-state index in [1.807, 2.05) is 18.2 Å². The van der Waals surface area contributed by atoms with Crippen molar-refractivity contribution < 1.29 is 14.3 Å². The summed E-state index contributed by atoms with van der Waals surface area (Å²) in [5.41, 5.74) is 1.38. The molecule has 144 valence electrons. The van der Waals surface area contributed by atoms with E-state index in [4.69, 9.17) is 27.9 Å². The highest BCUT2D eigenvalue weighted by Gasteiger charge is 2.24. The molecule has 1 aliphatic heterocycles. The van der Waals surface area contributed by atoms with Crippen molar-refractivity contribution in [3.05, 3.63) is 50.1 Å². The van der Waals surface area contributed by atoms with Gasteiger partial charge in [0.15, 0.2) is 0 Å². The van der Waals surface area contributed by atoms with Crippen LogP contribution in [0, 0.1) is 0 Å². The number of piperazine rings is 1. The maximum atomic E-state index is 12.5. The number of hydrogen-bond acceptors (Lipinski definition) is 5. The molecule has 0 unspecified atom stereocenters. The van der Waals surface area contributed by atoms with Crippen LogP contribution in [0.2, 0.25) is 10.0 Å². The topological polar surface area (TPSA) is 61.9 Å². The first-order valence-corrected chi connectivity index (χ1v) is 10.00. The van der Waals surface area contributed by atoms with Crippen LogP contribution < -0.4 is 5.32 Å². The maximum absolute atomic E-state index is 12.5. The fraction of sp³-hybridized carbons (Fsp3) is 0.333. The molecular weight excluding hydrogens is 409 g/mol. The summed E-state index contributed by atoms with van der Waals surface area (Å²) in [6.07, 6.45) is 0. The highest BCUT2D eigenvalue weighted by Crippen LogP contribution is 2.26. The van der Waals surface area contributed by atoms with Gasteiger partial charge in [0, 0.05) is 48.3 Å². The van der Waals surface area contributed by atoms with Crippen molar-refractivity contribution in [1.29, 1.82) is 0 Å². The van der Waals surface area contributed by atoms with Gasteiger partial charge in [0.25, 0.3) is 0 Å². The number of methoxy groups -OCH3 is 1. The molecule has 1 N–H and O–H groups in total. The van der Waals surface area contributed by atoms with E-state index >= 15 is 0 Å². The van der Waals surface area contributed by atoms with Gasteiger partial charge in [-0.2, -0.15) is 0 Å².